The maximum Gasteiger partial charge on any atom is 0.258 e. The number of amides is 1. The van der Waals surface area contributed by atoms with Crippen molar-refractivity contribution in [2.75, 3.05) is 25.5 Å². The van der Waals surface area contributed by atoms with Crippen molar-refractivity contribution in [2.45, 2.75) is 32.3 Å². The average Bonchev–Trinajstić information content (AvgIpc) is 3.13. The molecule has 1 saturated heterocycles. The second-order valence-electron chi connectivity index (χ2n) is 5.74. The van der Waals surface area contributed by atoms with Gasteiger partial charge in [-0.25, -0.2) is 4.98 Å². The minimum atomic E-state index is -0.746. The highest BCUT2D eigenvalue weighted by atomic mass is 35.5. The summed E-state index contributed by atoms with van der Waals surface area (Å²) in [6.45, 7) is 5.70. The van der Waals surface area contributed by atoms with Gasteiger partial charge in [0.2, 0.25) is 0 Å². The molecule has 5 nitrogen and oxygen atoms in total. The zero-order valence-corrected chi connectivity index (χ0v) is 16.4. The number of thiazole rings is 1. The van der Waals surface area contributed by atoms with Crippen molar-refractivity contribution in [1.82, 2.24) is 10.3 Å². The van der Waals surface area contributed by atoms with E-state index in [4.69, 9.17) is 4.74 Å². The lowest BCUT2D eigenvalue weighted by Crippen LogP contribution is -2.51. The Morgan fingerprint density at radius 3 is 2.58 bits per heavy atom. The molecule has 2 aromatic heterocycles. The number of aromatic nitrogens is 1. The van der Waals surface area contributed by atoms with Crippen LogP contribution in [0, 0.1) is 13.8 Å². The lowest BCUT2D eigenvalue weighted by molar-refractivity contribution is -0.140. The highest BCUT2D eigenvalue weighted by Crippen LogP contribution is 2.35. The molecule has 0 aliphatic carbocycles. The van der Waals surface area contributed by atoms with E-state index in [0.29, 0.717) is 18.0 Å². The number of aryl methyl sites for hydroxylation is 2. The van der Waals surface area contributed by atoms with Gasteiger partial charge in [-0.2, -0.15) is 0 Å². The molecule has 0 atom stereocenters. The molecule has 3 heterocycles. The molecule has 8 heteroatoms. The van der Waals surface area contributed by atoms with Crippen molar-refractivity contribution in [3.8, 4) is 10.6 Å². The number of piperidine rings is 1. The van der Waals surface area contributed by atoms with Crippen molar-refractivity contribution >= 4 is 46.1 Å². The van der Waals surface area contributed by atoms with Crippen LogP contribution in [0.25, 0.3) is 10.6 Å². The quantitative estimate of drug-likeness (QED) is 0.841. The number of methoxy groups -OCH3 is 1. The molecule has 2 N–H and O–H groups in total. The van der Waals surface area contributed by atoms with Crippen LogP contribution in [0.3, 0.4) is 0 Å². The predicted octanol–water partition coefficient (Wildman–Crippen LogP) is 3.62. The van der Waals surface area contributed by atoms with E-state index in [0.717, 1.165) is 28.5 Å². The fourth-order valence-corrected chi connectivity index (χ4v) is 4.61. The van der Waals surface area contributed by atoms with Crippen LogP contribution in [-0.2, 0) is 9.53 Å². The second kappa shape index (κ2) is 7.93. The lowest BCUT2D eigenvalue weighted by atomic mass is 9.91. The molecule has 132 valence electrons. The fraction of sp³-hybridized carbons (Fsp3) is 0.500. The molecule has 24 heavy (non-hydrogen) atoms. The summed E-state index contributed by atoms with van der Waals surface area (Å²) in [5.41, 5.74) is 0.213. The summed E-state index contributed by atoms with van der Waals surface area (Å²) in [4.78, 5) is 20.8. The summed E-state index contributed by atoms with van der Waals surface area (Å²) >= 11 is 3.23. The molecule has 1 aliphatic heterocycles. The van der Waals surface area contributed by atoms with Crippen LogP contribution in [0.15, 0.2) is 12.1 Å². The van der Waals surface area contributed by atoms with Crippen LogP contribution in [0.2, 0.25) is 0 Å². The number of ether oxygens (including phenoxy) is 1. The molecule has 0 saturated carbocycles. The molecule has 1 amide bonds. The van der Waals surface area contributed by atoms with Crippen molar-refractivity contribution in [3.05, 3.63) is 21.9 Å². The number of rotatable bonds is 4. The second-order valence-corrected chi connectivity index (χ2v) is 8.23. The van der Waals surface area contributed by atoms with Gasteiger partial charge in [-0.15, -0.1) is 35.1 Å². The Morgan fingerprint density at radius 1 is 1.29 bits per heavy atom. The Hall–Kier alpha value is -0.990. The van der Waals surface area contributed by atoms with Crippen molar-refractivity contribution in [2.24, 2.45) is 0 Å². The smallest absolute Gasteiger partial charge is 0.258 e. The first-order chi connectivity index (χ1) is 11.0. The van der Waals surface area contributed by atoms with E-state index in [1.54, 1.807) is 18.4 Å². The van der Waals surface area contributed by atoms with Gasteiger partial charge in [0.25, 0.3) is 5.91 Å². The Bertz CT molecular complexity index is 708. The minimum absolute atomic E-state index is 0. The molecule has 0 aromatic carbocycles. The summed E-state index contributed by atoms with van der Waals surface area (Å²) in [6.07, 6.45) is 1.35. The first kappa shape index (κ1) is 19.3. The summed E-state index contributed by atoms with van der Waals surface area (Å²) < 4.78 is 5.56. The van der Waals surface area contributed by atoms with Crippen LogP contribution < -0.4 is 10.6 Å². The number of thiophene rings is 1. The maximum atomic E-state index is 12.7. The van der Waals surface area contributed by atoms with Crippen LogP contribution in [0.5, 0.6) is 0 Å². The average molecular weight is 388 g/mol. The van der Waals surface area contributed by atoms with Crippen LogP contribution in [0.4, 0.5) is 5.13 Å². The van der Waals surface area contributed by atoms with Crippen LogP contribution in [0.1, 0.15) is 22.6 Å². The number of anilines is 1. The minimum Gasteiger partial charge on any atom is -0.368 e. The lowest BCUT2D eigenvalue weighted by Gasteiger charge is -2.34. The van der Waals surface area contributed by atoms with E-state index in [2.05, 4.69) is 34.7 Å². The van der Waals surface area contributed by atoms with E-state index < -0.39 is 5.60 Å². The Labute approximate surface area is 156 Å². The standard InChI is InChI=1S/C16H21N3O2S2.ClH/c1-10-4-5-12(22-10)13-11(2)23-15(18-13)19-14(20)16(21-3)6-8-17-9-7-16;/h4-5,17H,6-9H2,1-3H3,(H,18,19,20);1H. The highest BCUT2D eigenvalue weighted by Gasteiger charge is 2.40. The molecule has 0 spiro atoms. The van der Waals surface area contributed by atoms with Gasteiger partial charge in [0.15, 0.2) is 5.13 Å². The Kier molecular flexibility index (Phi) is 6.39. The summed E-state index contributed by atoms with van der Waals surface area (Å²) in [5.74, 6) is -0.0934. The van der Waals surface area contributed by atoms with E-state index in [1.165, 1.54) is 16.2 Å². The molecule has 0 unspecified atom stereocenters. The number of carbonyl (C=O) groups is 1. The zero-order valence-electron chi connectivity index (χ0n) is 14.0. The third-order valence-electron chi connectivity index (χ3n) is 4.21. The third-order valence-corrected chi connectivity index (χ3v) is 6.10. The number of nitrogens with one attached hydrogen (secondary N) is 2. The van der Waals surface area contributed by atoms with Crippen molar-refractivity contribution in [3.63, 3.8) is 0 Å². The van der Waals surface area contributed by atoms with Crippen LogP contribution in [-0.4, -0.2) is 36.7 Å². The van der Waals surface area contributed by atoms with Gasteiger partial charge in [0, 0.05) is 16.9 Å². The van der Waals surface area contributed by atoms with Gasteiger partial charge >= 0.3 is 0 Å². The zero-order chi connectivity index (χ0) is 16.4. The van der Waals surface area contributed by atoms with Gasteiger partial charge < -0.3 is 10.1 Å². The molecule has 1 fully saturated rings. The normalized spacial score (nSPS) is 16.5. The monoisotopic (exact) mass is 387 g/mol. The molecule has 2 aromatic rings. The summed E-state index contributed by atoms with van der Waals surface area (Å²) in [6, 6.07) is 4.17. The molecule has 0 radical (unpaired) electrons. The van der Waals surface area contributed by atoms with E-state index in [1.807, 2.05) is 6.92 Å². The van der Waals surface area contributed by atoms with Gasteiger partial charge in [-0.05, 0) is 51.9 Å². The Balaban J connectivity index is 0.00000208. The van der Waals surface area contributed by atoms with Gasteiger partial charge in [-0.1, -0.05) is 0 Å². The number of hydrogen-bond acceptors (Lipinski definition) is 6. The third kappa shape index (κ3) is 3.81. The first-order valence-electron chi connectivity index (χ1n) is 7.66. The molecule has 3 rings (SSSR count). The van der Waals surface area contributed by atoms with Crippen molar-refractivity contribution < 1.29 is 9.53 Å². The Morgan fingerprint density at radius 2 is 2.00 bits per heavy atom. The predicted molar refractivity (Wildman–Crippen MR) is 103 cm³/mol. The fourth-order valence-electron chi connectivity index (χ4n) is 2.81. The number of halogens is 1. The SMILES string of the molecule is COC1(C(=O)Nc2nc(-c3ccc(C)s3)c(C)s2)CCNCC1.Cl. The highest BCUT2D eigenvalue weighted by molar-refractivity contribution is 7.18. The first-order valence-corrected chi connectivity index (χ1v) is 9.29. The number of hydrogen-bond donors (Lipinski definition) is 2. The topological polar surface area (TPSA) is 63.2 Å². The van der Waals surface area contributed by atoms with E-state index in [-0.39, 0.29) is 18.3 Å². The summed E-state index contributed by atoms with van der Waals surface area (Å²) in [5, 5.41) is 6.86. The number of nitrogens with zero attached hydrogens (tertiary/aromatic N) is 1. The van der Waals surface area contributed by atoms with E-state index >= 15 is 0 Å². The van der Waals surface area contributed by atoms with E-state index in [9.17, 15) is 4.79 Å². The number of carbonyl (C=O) groups excluding carboxylic acids is 1. The molecule has 1 aliphatic rings. The molecular weight excluding hydrogens is 366 g/mol. The largest absolute Gasteiger partial charge is 0.368 e. The molecule has 0 bridgehead atoms. The molecular formula is C16H22ClN3O2S2. The van der Waals surface area contributed by atoms with Gasteiger partial charge in [0.05, 0.1) is 10.6 Å². The van der Waals surface area contributed by atoms with Crippen molar-refractivity contribution in [1.29, 1.82) is 0 Å². The van der Waals surface area contributed by atoms with Gasteiger partial charge in [-0.3, -0.25) is 10.1 Å². The van der Waals surface area contributed by atoms with Crippen LogP contribution >= 0.6 is 35.1 Å². The summed E-state index contributed by atoms with van der Waals surface area (Å²) in [7, 11) is 1.61. The van der Waals surface area contributed by atoms with Gasteiger partial charge in [0.1, 0.15) is 5.60 Å². The maximum absolute atomic E-state index is 12.7.